The lowest BCUT2D eigenvalue weighted by molar-refractivity contribution is 0.175. The third-order valence-electron chi connectivity index (χ3n) is 3.20. The summed E-state index contributed by atoms with van der Waals surface area (Å²) in [7, 11) is 0. The Hall–Kier alpha value is -1.22. The fourth-order valence-corrected chi connectivity index (χ4v) is 2.20. The Bertz CT molecular complexity index is 418. The van der Waals surface area contributed by atoms with Crippen molar-refractivity contribution in [1.82, 2.24) is 0 Å². The number of rotatable bonds is 2. The molecule has 0 saturated heterocycles. The van der Waals surface area contributed by atoms with Crippen LogP contribution in [0.3, 0.4) is 0 Å². The summed E-state index contributed by atoms with van der Waals surface area (Å²) < 4.78 is 11.2. The average molecular weight is 221 g/mol. The highest BCUT2D eigenvalue weighted by Gasteiger charge is 2.23. The molecule has 0 radical (unpaired) electrons. The van der Waals surface area contributed by atoms with Crippen LogP contribution in [0.5, 0.6) is 0 Å². The van der Waals surface area contributed by atoms with Crippen molar-refractivity contribution in [3.63, 3.8) is 0 Å². The fourth-order valence-electron chi connectivity index (χ4n) is 2.20. The smallest absolute Gasteiger partial charge is 0.113 e. The number of allylic oxidation sites excluding steroid dienone is 1. The summed E-state index contributed by atoms with van der Waals surface area (Å²) in [6.07, 6.45) is 4.23. The van der Waals surface area contributed by atoms with Gasteiger partial charge in [0, 0.05) is 5.56 Å². The van der Waals surface area contributed by atoms with Crippen LogP contribution in [0.25, 0.3) is 0 Å². The zero-order chi connectivity index (χ0) is 11.7. The Kier molecular flexibility index (Phi) is 3.06. The van der Waals surface area contributed by atoms with Crippen molar-refractivity contribution < 1.29 is 9.15 Å². The lowest BCUT2D eigenvalue weighted by Gasteiger charge is -2.21. The van der Waals surface area contributed by atoms with Crippen LogP contribution in [-0.2, 0) is 4.74 Å². The Morgan fingerprint density at radius 2 is 2.00 bits per heavy atom. The van der Waals surface area contributed by atoms with Crippen LogP contribution in [0.15, 0.2) is 16.3 Å². The van der Waals surface area contributed by atoms with Crippen LogP contribution in [0.4, 0.5) is 0 Å². The van der Waals surface area contributed by atoms with Crippen molar-refractivity contribution in [2.24, 2.45) is 5.73 Å². The zero-order valence-electron chi connectivity index (χ0n) is 10.2. The molecule has 3 nitrogen and oxygen atoms in total. The van der Waals surface area contributed by atoms with E-state index in [4.69, 9.17) is 14.9 Å². The van der Waals surface area contributed by atoms with Gasteiger partial charge >= 0.3 is 0 Å². The summed E-state index contributed by atoms with van der Waals surface area (Å²) in [4.78, 5) is 0. The zero-order valence-corrected chi connectivity index (χ0v) is 10.2. The fraction of sp³-hybridized carbons (Fsp3) is 0.538. The second-order valence-electron chi connectivity index (χ2n) is 4.33. The second-order valence-corrected chi connectivity index (χ2v) is 4.33. The molecule has 3 heteroatoms. The maximum absolute atomic E-state index is 6.23. The van der Waals surface area contributed by atoms with E-state index in [-0.39, 0.29) is 6.04 Å². The van der Waals surface area contributed by atoms with Gasteiger partial charge in [-0.3, -0.25) is 0 Å². The number of ether oxygens (including phenoxy) is 1. The first-order valence-corrected chi connectivity index (χ1v) is 5.76. The van der Waals surface area contributed by atoms with Gasteiger partial charge in [-0.15, -0.1) is 0 Å². The predicted octanol–water partition coefficient (Wildman–Crippen LogP) is 2.90. The molecule has 0 saturated carbocycles. The maximum Gasteiger partial charge on any atom is 0.113 e. The summed E-state index contributed by atoms with van der Waals surface area (Å²) in [5, 5.41) is 0. The molecule has 1 aliphatic heterocycles. The largest absolute Gasteiger partial charge is 0.496 e. The first-order valence-electron chi connectivity index (χ1n) is 5.76. The van der Waals surface area contributed by atoms with Crippen LogP contribution in [-0.4, -0.2) is 6.61 Å². The Morgan fingerprint density at radius 1 is 1.25 bits per heavy atom. The van der Waals surface area contributed by atoms with Gasteiger partial charge in [-0.25, -0.2) is 0 Å². The van der Waals surface area contributed by atoms with E-state index in [9.17, 15) is 0 Å². The van der Waals surface area contributed by atoms with Gasteiger partial charge in [0.1, 0.15) is 17.3 Å². The third kappa shape index (κ3) is 1.87. The van der Waals surface area contributed by atoms with Crippen molar-refractivity contribution in [2.75, 3.05) is 6.61 Å². The van der Waals surface area contributed by atoms with Crippen LogP contribution in [0.2, 0.25) is 0 Å². The molecule has 0 bridgehead atoms. The molecule has 1 atom stereocenters. The summed E-state index contributed by atoms with van der Waals surface area (Å²) in [5.41, 5.74) is 8.45. The molecule has 0 spiro atoms. The van der Waals surface area contributed by atoms with E-state index in [1.165, 1.54) is 0 Å². The van der Waals surface area contributed by atoms with E-state index in [0.29, 0.717) is 0 Å². The molecule has 1 aromatic heterocycles. The molecule has 1 unspecified atom stereocenters. The van der Waals surface area contributed by atoms with Gasteiger partial charge in [0.25, 0.3) is 0 Å². The quantitative estimate of drug-likeness (QED) is 0.835. The van der Waals surface area contributed by atoms with E-state index in [1.807, 2.05) is 20.8 Å². The van der Waals surface area contributed by atoms with Gasteiger partial charge in [-0.1, -0.05) is 0 Å². The van der Waals surface area contributed by atoms with Crippen LogP contribution in [0.1, 0.15) is 41.5 Å². The monoisotopic (exact) mass is 221 g/mol. The van der Waals surface area contributed by atoms with Crippen molar-refractivity contribution in [2.45, 2.75) is 39.7 Å². The predicted molar refractivity (Wildman–Crippen MR) is 63.1 cm³/mol. The van der Waals surface area contributed by atoms with Gasteiger partial charge in [-0.2, -0.15) is 0 Å². The molecule has 88 valence electrons. The first kappa shape index (κ1) is 11.3. The molecular formula is C13H19NO2. The molecule has 2 rings (SSSR count). The summed E-state index contributed by atoms with van der Waals surface area (Å²) in [5.74, 6) is 2.73. The molecule has 1 aromatic rings. The van der Waals surface area contributed by atoms with E-state index >= 15 is 0 Å². The molecule has 0 amide bonds. The lowest BCUT2D eigenvalue weighted by atomic mass is 10.00. The highest BCUT2D eigenvalue weighted by Crippen LogP contribution is 2.31. The highest BCUT2D eigenvalue weighted by atomic mass is 16.5. The summed E-state index contributed by atoms with van der Waals surface area (Å²) in [6, 6.07) is -0.183. The van der Waals surface area contributed by atoms with E-state index in [2.05, 4.69) is 6.08 Å². The SMILES string of the molecule is Cc1oc(C)c(C(N)C2=CCCCO2)c1C. The standard InChI is InChI=1S/C13H19NO2/c1-8-9(2)16-10(3)12(8)13(14)11-6-4-5-7-15-11/h6,13H,4-5,7,14H2,1-3H3. The number of nitrogens with two attached hydrogens (primary N) is 1. The van der Waals surface area contributed by atoms with Gasteiger partial charge < -0.3 is 14.9 Å². The normalized spacial score (nSPS) is 17.9. The van der Waals surface area contributed by atoms with E-state index in [1.54, 1.807) is 0 Å². The Morgan fingerprint density at radius 3 is 2.50 bits per heavy atom. The van der Waals surface area contributed by atoms with Gasteiger partial charge in [0.2, 0.25) is 0 Å². The minimum Gasteiger partial charge on any atom is -0.496 e. The first-order chi connectivity index (χ1) is 7.61. The van der Waals surface area contributed by atoms with Crippen LogP contribution >= 0.6 is 0 Å². The average Bonchev–Trinajstić information content (AvgIpc) is 2.54. The lowest BCUT2D eigenvalue weighted by Crippen LogP contribution is -2.19. The summed E-state index contributed by atoms with van der Waals surface area (Å²) >= 11 is 0. The van der Waals surface area contributed by atoms with Crippen LogP contribution in [0, 0.1) is 20.8 Å². The number of hydrogen-bond acceptors (Lipinski definition) is 3. The Balaban J connectivity index is 2.32. The molecule has 16 heavy (non-hydrogen) atoms. The molecule has 2 N–H and O–H groups in total. The van der Waals surface area contributed by atoms with Gasteiger partial charge in [0.15, 0.2) is 0 Å². The second kappa shape index (κ2) is 4.34. The van der Waals surface area contributed by atoms with Gasteiger partial charge in [0.05, 0.1) is 12.6 Å². The topological polar surface area (TPSA) is 48.4 Å². The minimum absolute atomic E-state index is 0.183. The van der Waals surface area contributed by atoms with Crippen LogP contribution < -0.4 is 5.73 Å². The number of furan rings is 1. The molecular weight excluding hydrogens is 202 g/mol. The van der Waals surface area contributed by atoms with Crippen molar-refractivity contribution in [3.05, 3.63) is 34.5 Å². The third-order valence-corrected chi connectivity index (χ3v) is 3.20. The summed E-state index contributed by atoms with van der Waals surface area (Å²) in [6.45, 7) is 6.74. The number of hydrogen-bond donors (Lipinski definition) is 1. The minimum atomic E-state index is -0.183. The molecule has 0 aliphatic carbocycles. The van der Waals surface area contributed by atoms with E-state index in [0.717, 1.165) is 47.9 Å². The van der Waals surface area contributed by atoms with Crippen molar-refractivity contribution in [3.8, 4) is 0 Å². The molecule has 0 aromatic carbocycles. The highest BCUT2D eigenvalue weighted by molar-refractivity contribution is 5.37. The van der Waals surface area contributed by atoms with E-state index < -0.39 is 0 Å². The van der Waals surface area contributed by atoms with Gasteiger partial charge in [-0.05, 0) is 45.3 Å². The molecule has 2 heterocycles. The Labute approximate surface area is 96.3 Å². The molecule has 0 fully saturated rings. The van der Waals surface area contributed by atoms with Crippen molar-refractivity contribution in [1.29, 1.82) is 0 Å². The number of aryl methyl sites for hydroxylation is 2. The van der Waals surface area contributed by atoms with Crippen molar-refractivity contribution >= 4 is 0 Å². The maximum atomic E-state index is 6.23. The molecule has 1 aliphatic rings.